The highest BCUT2D eigenvalue weighted by Gasteiger charge is 2.30. The molecule has 0 radical (unpaired) electrons. The number of nitrogens with zero attached hydrogens (tertiary/aromatic N) is 1. The number of rotatable bonds is 4. The highest BCUT2D eigenvalue weighted by molar-refractivity contribution is 5.31. The molecule has 2 aromatic rings. The van der Waals surface area contributed by atoms with Crippen molar-refractivity contribution in [3.05, 3.63) is 65.5 Å². The summed E-state index contributed by atoms with van der Waals surface area (Å²) < 4.78 is 5.42. The molecule has 0 amide bonds. The van der Waals surface area contributed by atoms with Crippen molar-refractivity contribution in [2.24, 2.45) is 0 Å². The Morgan fingerprint density at radius 3 is 2.90 bits per heavy atom. The SMILES string of the molecule is COC(C)c1cccc(C2CNNC2c2ccccn2)c1. The number of benzene rings is 1. The van der Waals surface area contributed by atoms with E-state index >= 15 is 0 Å². The van der Waals surface area contributed by atoms with Gasteiger partial charge in [-0.05, 0) is 30.2 Å². The van der Waals surface area contributed by atoms with Crippen molar-refractivity contribution in [2.75, 3.05) is 13.7 Å². The molecule has 4 nitrogen and oxygen atoms in total. The Morgan fingerprint density at radius 1 is 1.24 bits per heavy atom. The zero-order valence-corrected chi connectivity index (χ0v) is 12.4. The molecule has 110 valence electrons. The molecule has 2 N–H and O–H groups in total. The third-order valence-electron chi connectivity index (χ3n) is 4.15. The van der Waals surface area contributed by atoms with Gasteiger partial charge in [-0.15, -0.1) is 0 Å². The number of methoxy groups -OCH3 is 1. The molecule has 1 fully saturated rings. The van der Waals surface area contributed by atoms with Gasteiger partial charge in [0, 0.05) is 25.8 Å². The van der Waals surface area contributed by atoms with Crippen molar-refractivity contribution in [2.45, 2.75) is 25.0 Å². The molecule has 4 heteroatoms. The maximum atomic E-state index is 5.42. The van der Waals surface area contributed by atoms with Crippen LogP contribution in [0.2, 0.25) is 0 Å². The average Bonchev–Trinajstić information content (AvgIpc) is 3.04. The van der Waals surface area contributed by atoms with Crippen molar-refractivity contribution in [1.29, 1.82) is 0 Å². The van der Waals surface area contributed by atoms with Crippen LogP contribution in [0.15, 0.2) is 48.7 Å². The van der Waals surface area contributed by atoms with Crippen LogP contribution in [0, 0.1) is 0 Å². The molecule has 0 saturated carbocycles. The van der Waals surface area contributed by atoms with Gasteiger partial charge in [0.1, 0.15) is 0 Å². The molecular formula is C17H21N3O. The normalized spacial score (nSPS) is 23.1. The van der Waals surface area contributed by atoms with Gasteiger partial charge in [-0.3, -0.25) is 10.4 Å². The van der Waals surface area contributed by atoms with Gasteiger partial charge in [0.25, 0.3) is 0 Å². The third kappa shape index (κ3) is 2.97. The zero-order valence-electron chi connectivity index (χ0n) is 12.4. The van der Waals surface area contributed by atoms with Gasteiger partial charge in [0.05, 0.1) is 17.8 Å². The number of hydrazine groups is 1. The minimum Gasteiger partial charge on any atom is -0.377 e. The summed E-state index contributed by atoms with van der Waals surface area (Å²) in [6.45, 7) is 2.96. The molecule has 1 aromatic carbocycles. The van der Waals surface area contributed by atoms with E-state index in [1.807, 2.05) is 18.3 Å². The summed E-state index contributed by atoms with van der Waals surface area (Å²) in [5.41, 5.74) is 10.2. The molecular weight excluding hydrogens is 262 g/mol. The van der Waals surface area contributed by atoms with Crippen molar-refractivity contribution < 1.29 is 4.74 Å². The standard InChI is InChI=1S/C17H21N3O/c1-12(21-2)13-6-5-7-14(10-13)15-11-19-20-17(15)16-8-3-4-9-18-16/h3-10,12,15,17,19-20H,11H2,1-2H3. The lowest BCUT2D eigenvalue weighted by atomic mass is 9.89. The Labute approximate surface area is 125 Å². The first-order valence-corrected chi connectivity index (χ1v) is 7.31. The largest absolute Gasteiger partial charge is 0.377 e. The fourth-order valence-electron chi connectivity index (χ4n) is 2.83. The molecule has 2 heterocycles. The molecule has 21 heavy (non-hydrogen) atoms. The van der Waals surface area contributed by atoms with Gasteiger partial charge in [-0.2, -0.15) is 0 Å². The molecule has 1 aromatic heterocycles. The van der Waals surface area contributed by atoms with E-state index in [4.69, 9.17) is 4.74 Å². The fourth-order valence-corrected chi connectivity index (χ4v) is 2.83. The number of ether oxygens (including phenoxy) is 1. The second-order valence-electron chi connectivity index (χ2n) is 5.41. The lowest BCUT2D eigenvalue weighted by molar-refractivity contribution is 0.119. The summed E-state index contributed by atoms with van der Waals surface area (Å²) in [6.07, 6.45) is 1.95. The van der Waals surface area contributed by atoms with Crippen molar-refractivity contribution in [3.63, 3.8) is 0 Å². The maximum Gasteiger partial charge on any atom is 0.0793 e. The van der Waals surface area contributed by atoms with Gasteiger partial charge >= 0.3 is 0 Å². The van der Waals surface area contributed by atoms with Crippen LogP contribution < -0.4 is 10.9 Å². The minimum absolute atomic E-state index is 0.112. The lowest BCUT2D eigenvalue weighted by Gasteiger charge is -2.20. The topological polar surface area (TPSA) is 46.2 Å². The second-order valence-corrected chi connectivity index (χ2v) is 5.41. The van der Waals surface area contributed by atoms with Crippen LogP contribution in [-0.4, -0.2) is 18.6 Å². The number of aromatic nitrogens is 1. The van der Waals surface area contributed by atoms with E-state index in [9.17, 15) is 0 Å². The van der Waals surface area contributed by atoms with Crippen LogP contribution in [0.4, 0.5) is 0 Å². The Bertz CT molecular complexity index is 588. The number of hydrogen-bond donors (Lipinski definition) is 2. The Hall–Kier alpha value is -1.75. The van der Waals surface area contributed by atoms with E-state index in [0.29, 0.717) is 5.92 Å². The van der Waals surface area contributed by atoms with Crippen molar-refractivity contribution >= 4 is 0 Å². The summed E-state index contributed by atoms with van der Waals surface area (Å²) in [6, 6.07) is 14.9. The Morgan fingerprint density at radius 2 is 2.14 bits per heavy atom. The molecule has 3 atom stereocenters. The number of hydrogen-bond acceptors (Lipinski definition) is 4. The van der Waals surface area contributed by atoms with E-state index in [2.05, 4.69) is 53.1 Å². The van der Waals surface area contributed by atoms with Gasteiger partial charge in [-0.1, -0.05) is 30.3 Å². The van der Waals surface area contributed by atoms with Crippen molar-refractivity contribution in [3.8, 4) is 0 Å². The third-order valence-corrected chi connectivity index (χ3v) is 4.15. The number of nitrogens with one attached hydrogen (secondary N) is 2. The van der Waals surface area contributed by atoms with Crippen LogP contribution in [0.5, 0.6) is 0 Å². The summed E-state index contributed by atoms with van der Waals surface area (Å²) in [5.74, 6) is 0.365. The van der Waals surface area contributed by atoms with Crippen molar-refractivity contribution in [1.82, 2.24) is 15.8 Å². The van der Waals surface area contributed by atoms with E-state index in [1.54, 1.807) is 7.11 Å². The highest BCUT2D eigenvalue weighted by atomic mass is 16.5. The summed E-state index contributed by atoms with van der Waals surface area (Å²) in [4.78, 5) is 4.48. The van der Waals surface area contributed by atoms with E-state index in [0.717, 1.165) is 12.2 Å². The summed E-state index contributed by atoms with van der Waals surface area (Å²) in [7, 11) is 1.74. The van der Waals surface area contributed by atoms with Gasteiger partial charge in [0.2, 0.25) is 0 Å². The van der Waals surface area contributed by atoms with Gasteiger partial charge in [-0.25, -0.2) is 5.43 Å². The molecule has 0 aliphatic carbocycles. The predicted molar refractivity (Wildman–Crippen MR) is 82.7 cm³/mol. The minimum atomic E-state index is 0.112. The molecule has 1 aliphatic rings. The first-order chi connectivity index (χ1) is 10.3. The highest BCUT2D eigenvalue weighted by Crippen LogP contribution is 2.33. The average molecular weight is 283 g/mol. The molecule has 3 rings (SSSR count). The summed E-state index contributed by atoms with van der Waals surface area (Å²) in [5, 5.41) is 0. The molecule has 0 spiro atoms. The second kappa shape index (κ2) is 6.35. The van der Waals surface area contributed by atoms with Gasteiger partial charge < -0.3 is 4.74 Å². The smallest absolute Gasteiger partial charge is 0.0793 e. The Kier molecular flexibility index (Phi) is 4.29. The van der Waals surface area contributed by atoms with Crippen LogP contribution in [-0.2, 0) is 4.74 Å². The fraction of sp³-hybridized carbons (Fsp3) is 0.353. The van der Waals surface area contributed by atoms with Crippen LogP contribution in [0.1, 0.15) is 41.8 Å². The Balaban J connectivity index is 1.89. The van der Waals surface area contributed by atoms with Gasteiger partial charge in [0.15, 0.2) is 0 Å². The quantitative estimate of drug-likeness (QED) is 0.905. The van der Waals surface area contributed by atoms with Crippen LogP contribution in [0.3, 0.4) is 0 Å². The van der Waals surface area contributed by atoms with Crippen LogP contribution in [0.25, 0.3) is 0 Å². The first-order valence-electron chi connectivity index (χ1n) is 7.31. The van der Waals surface area contributed by atoms with Crippen LogP contribution >= 0.6 is 0 Å². The van der Waals surface area contributed by atoms with E-state index in [1.165, 1.54) is 11.1 Å². The molecule has 3 unspecified atom stereocenters. The molecule has 1 saturated heterocycles. The molecule has 0 bridgehead atoms. The summed E-state index contributed by atoms with van der Waals surface area (Å²) >= 11 is 0. The lowest BCUT2D eigenvalue weighted by Crippen LogP contribution is -2.25. The first kappa shape index (κ1) is 14.2. The van der Waals surface area contributed by atoms with E-state index in [-0.39, 0.29) is 12.1 Å². The zero-order chi connectivity index (χ0) is 14.7. The monoisotopic (exact) mass is 283 g/mol. The number of pyridine rings is 1. The predicted octanol–water partition coefficient (Wildman–Crippen LogP) is 2.72. The maximum absolute atomic E-state index is 5.42. The van der Waals surface area contributed by atoms with E-state index < -0.39 is 0 Å². The molecule has 1 aliphatic heterocycles.